The van der Waals surface area contributed by atoms with Crippen molar-refractivity contribution in [1.82, 2.24) is 9.88 Å². The second-order valence-corrected chi connectivity index (χ2v) is 5.00. The number of aryl methyl sites for hydroxylation is 1. The van der Waals surface area contributed by atoms with E-state index in [0.29, 0.717) is 6.54 Å². The molecule has 1 amide bonds. The summed E-state index contributed by atoms with van der Waals surface area (Å²) in [6, 6.07) is 11.5. The van der Waals surface area contributed by atoms with Crippen LogP contribution in [0.1, 0.15) is 34.1 Å². The monoisotopic (exact) mass is 284 g/mol. The van der Waals surface area contributed by atoms with Gasteiger partial charge in [-0.25, -0.2) is 0 Å². The molecule has 1 heterocycles. The quantitative estimate of drug-likeness (QED) is 0.935. The second-order valence-electron chi connectivity index (χ2n) is 5.00. The Morgan fingerprint density at radius 2 is 1.90 bits per heavy atom. The summed E-state index contributed by atoms with van der Waals surface area (Å²) in [4.78, 5) is 24.5. The first-order valence-corrected chi connectivity index (χ1v) is 7.07. The van der Waals surface area contributed by atoms with Crippen molar-refractivity contribution in [2.75, 3.05) is 7.05 Å². The van der Waals surface area contributed by atoms with Crippen LogP contribution >= 0.6 is 0 Å². The van der Waals surface area contributed by atoms with E-state index in [0.717, 1.165) is 23.2 Å². The zero-order valence-electron chi connectivity index (χ0n) is 12.6. The molecule has 0 saturated heterocycles. The zero-order valence-corrected chi connectivity index (χ0v) is 12.6. The number of aromatic nitrogens is 1. The standard InChI is InChI=1S/C17H20N2O2/c1-4-15-12(2)10-14(16(20)18-3)17(21)19(15)11-13-8-6-5-7-9-13/h5-10H,4,11H2,1-3H3,(H,18,20). The molecule has 0 aliphatic rings. The van der Waals surface area contributed by atoms with Crippen molar-refractivity contribution >= 4 is 5.91 Å². The van der Waals surface area contributed by atoms with Crippen molar-refractivity contribution in [3.05, 3.63) is 69.1 Å². The Balaban J connectivity index is 2.59. The number of nitrogens with one attached hydrogen (secondary N) is 1. The van der Waals surface area contributed by atoms with Gasteiger partial charge in [-0.2, -0.15) is 0 Å². The van der Waals surface area contributed by atoms with Crippen molar-refractivity contribution in [3.8, 4) is 0 Å². The van der Waals surface area contributed by atoms with Gasteiger partial charge in [0.1, 0.15) is 5.56 Å². The van der Waals surface area contributed by atoms with Crippen LogP contribution in [0.2, 0.25) is 0 Å². The molecule has 0 saturated carbocycles. The third-order valence-electron chi connectivity index (χ3n) is 3.61. The van der Waals surface area contributed by atoms with Crippen LogP contribution < -0.4 is 10.9 Å². The van der Waals surface area contributed by atoms with Crippen molar-refractivity contribution < 1.29 is 4.79 Å². The number of hydrogen-bond donors (Lipinski definition) is 1. The number of carbonyl (C=O) groups is 1. The lowest BCUT2D eigenvalue weighted by molar-refractivity contribution is 0.0961. The zero-order chi connectivity index (χ0) is 15.4. The van der Waals surface area contributed by atoms with E-state index in [1.165, 1.54) is 7.05 Å². The molecule has 0 atom stereocenters. The van der Waals surface area contributed by atoms with Gasteiger partial charge in [0.2, 0.25) is 0 Å². The molecule has 0 unspecified atom stereocenters. The van der Waals surface area contributed by atoms with E-state index < -0.39 is 0 Å². The highest BCUT2D eigenvalue weighted by Crippen LogP contribution is 2.11. The Morgan fingerprint density at radius 1 is 1.24 bits per heavy atom. The largest absolute Gasteiger partial charge is 0.355 e. The van der Waals surface area contributed by atoms with Crippen LogP contribution in [0.15, 0.2) is 41.2 Å². The summed E-state index contributed by atoms with van der Waals surface area (Å²) in [7, 11) is 1.53. The van der Waals surface area contributed by atoms with Crippen LogP contribution in [0.5, 0.6) is 0 Å². The Labute approximate surface area is 124 Å². The number of nitrogens with zero attached hydrogens (tertiary/aromatic N) is 1. The Morgan fingerprint density at radius 3 is 2.48 bits per heavy atom. The first-order chi connectivity index (χ1) is 10.1. The van der Waals surface area contributed by atoms with Gasteiger partial charge in [-0.1, -0.05) is 37.3 Å². The van der Waals surface area contributed by atoms with Crippen molar-refractivity contribution in [3.63, 3.8) is 0 Å². The van der Waals surface area contributed by atoms with Crippen LogP contribution in [-0.2, 0) is 13.0 Å². The molecule has 1 N–H and O–H groups in total. The Hall–Kier alpha value is -2.36. The highest BCUT2D eigenvalue weighted by molar-refractivity contribution is 5.93. The van der Waals surface area contributed by atoms with Crippen molar-refractivity contribution in [2.24, 2.45) is 0 Å². The SMILES string of the molecule is CCc1c(C)cc(C(=O)NC)c(=O)n1Cc1ccccc1. The van der Waals surface area contributed by atoms with Gasteiger partial charge >= 0.3 is 0 Å². The first-order valence-electron chi connectivity index (χ1n) is 7.07. The molecule has 0 bridgehead atoms. The molecule has 0 spiro atoms. The molecule has 4 heteroatoms. The van der Waals surface area contributed by atoms with Gasteiger partial charge in [0, 0.05) is 12.7 Å². The predicted molar refractivity (Wildman–Crippen MR) is 83.8 cm³/mol. The molecule has 1 aromatic heterocycles. The fourth-order valence-electron chi connectivity index (χ4n) is 2.54. The smallest absolute Gasteiger partial charge is 0.263 e. The van der Waals surface area contributed by atoms with Crippen LogP contribution in [0.3, 0.4) is 0 Å². The minimum Gasteiger partial charge on any atom is -0.355 e. The molecule has 21 heavy (non-hydrogen) atoms. The van der Waals surface area contributed by atoms with E-state index in [2.05, 4.69) is 5.32 Å². The number of hydrogen-bond acceptors (Lipinski definition) is 2. The first kappa shape index (κ1) is 15.0. The number of pyridine rings is 1. The lowest BCUT2D eigenvalue weighted by Gasteiger charge is -2.16. The minimum atomic E-state index is -0.340. The highest BCUT2D eigenvalue weighted by Gasteiger charge is 2.16. The van der Waals surface area contributed by atoms with Crippen LogP contribution in [-0.4, -0.2) is 17.5 Å². The lowest BCUT2D eigenvalue weighted by Crippen LogP contribution is -2.33. The molecule has 110 valence electrons. The molecule has 2 aromatic rings. The van der Waals surface area contributed by atoms with Crippen LogP contribution in [0, 0.1) is 6.92 Å². The molecule has 4 nitrogen and oxygen atoms in total. The van der Waals surface area contributed by atoms with Gasteiger partial charge in [-0.15, -0.1) is 0 Å². The van der Waals surface area contributed by atoms with Gasteiger partial charge in [0.05, 0.1) is 6.54 Å². The van der Waals surface area contributed by atoms with Gasteiger partial charge < -0.3 is 9.88 Å². The van der Waals surface area contributed by atoms with Gasteiger partial charge in [-0.05, 0) is 30.5 Å². The maximum Gasteiger partial charge on any atom is 0.263 e. The minimum absolute atomic E-state index is 0.197. The van der Waals surface area contributed by atoms with E-state index in [1.54, 1.807) is 10.6 Å². The number of rotatable bonds is 4. The van der Waals surface area contributed by atoms with Crippen molar-refractivity contribution in [1.29, 1.82) is 0 Å². The maximum absolute atomic E-state index is 12.6. The summed E-state index contributed by atoms with van der Waals surface area (Å²) < 4.78 is 1.70. The fraction of sp³-hybridized carbons (Fsp3) is 0.294. The Bertz CT molecular complexity index is 703. The third kappa shape index (κ3) is 3.05. The maximum atomic E-state index is 12.6. The van der Waals surface area contributed by atoms with E-state index in [1.807, 2.05) is 44.2 Å². The van der Waals surface area contributed by atoms with Gasteiger partial charge in [0.15, 0.2) is 0 Å². The summed E-state index contributed by atoms with van der Waals surface area (Å²) >= 11 is 0. The Kier molecular flexibility index (Phi) is 4.58. The third-order valence-corrected chi connectivity index (χ3v) is 3.61. The summed E-state index contributed by atoms with van der Waals surface area (Å²) in [5, 5.41) is 2.53. The van der Waals surface area contributed by atoms with Crippen LogP contribution in [0.4, 0.5) is 0 Å². The normalized spacial score (nSPS) is 10.4. The molecular weight excluding hydrogens is 264 g/mol. The topological polar surface area (TPSA) is 51.1 Å². The average molecular weight is 284 g/mol. The summed E-state index contributed by atoms with van der Waals surface area (Å²) in [6.07, 6.45) is 0.752. The lowest BCUT2D eigenvalue weighted by atomic mass is 10.1. The van der Waals surface area contributed by atoms with Gasteiger partial charge in [-0.3, -0.25) is 9.59 Å². The fourth-order valence-corrected chi connectivity index (χ4v) is 2.54. The summed E-state index contributed by atoms with van der Waals surface area (Å²) in [6.45, 7) is 4.43. The van der Waals surface area contributed by atoms with Crippen molar-refractivity contribution in [2.45, 2.75) is 26.8 Å². The molecule has 0 aliphatic carbocycles. The number of amides is 1. The van der Waals surface area contributed by atoms with Crippen LogP contribution in [0.25, 0.3) is 0 Å². The molecule has 0 fully saturated rings. The van der Waals surface area contributed by atoms with E-state index in [4.69, 9.17) is 0 Å². The summed E-state index contributed by atoms with van der Waals surface area (Å²) in [5.41, 5.74) is 2.94. The molecule has 0 aliphatic heterocycles. The van der Waals surface area contributed by atoms with E-state index in [-0.39, 0.29) is 17.0 Å². The molecule has 1 aromatic carbocycles. The second kappa shape index (κ2) is 6.39. The van der Waals surface area contributed by atoms with E-state index >= 15 is 0 Å². The van der Waals surface area contributed by atoms with E-state index in [9.17, 15) is 9.59 Å². The highest BCUT2D eigenvalue weighted by atomic mass is 16.2. The van der Waals surface area contributed by atoms with Gasteiger partial charge in [0.25, 0.3) is 11.5 Å². The number of carbonyl (C=O) groups excluding carboxylic acids is 1. The average Bonchev–Trinajstić information content (AvgIpc) is 2.51. The molecule has 2 rings (SSSR count). The predicted octanol–water partition coefficient (Wildman–Crippen LogP) is 2.13. The molecule has 0 radical (unpaired) electrons. The summed E-state index contributed by atoms with van der Waals surface area (Å²) in [5.74, 6) is -0.340. The number of benzene rings is 1. The molecular formula is C17H20N2O2.